The minimum Gasteiger partial charge on any atom is -0.369 e. The van der Waals surface area contributed by atoms with Crippen molar-refractivity contribution in [3.63, 3.8) is 0 Å². The molecule has 2 aliphatic heterocycles. The normalized spacial score (nSPS) is 24.6. The molecule has 1 saturated heterocycles. The van der Waals surface area contributed by atoms with Crippen LogP contribution in [0.15, 0.2) is 41.3 Å². The number of piperidine rings is 1. The zero-order valence-corrected chi connectivity index (χ0v) is 15.8. The molecule has 10 heteroatoms. The van der Waals surface area contributed by atoms with E-state index in [-0.39, 0.29) is 6.04 Å². The third-order valence-corrected chi connectivity index (χ3v) is 6.31. The second kappa shape index (κ2) is 6.63. The summed E-state index contributed by atoms with van der Waals surface area (Å²) in [6.45, 7) is 1.03. The van der Waals surface area contributed by atoms with Crippen molar-refractivity contribution in [1.29, 1.82) is 0 Å². The lowest BCUT2D eigenvalue weighted by Crippen LogP contribution is -2.54. The van der Waals surface area contributed by atoms with E-state index in [1.165, 1.54) is 10.6 Å². The second-order valence-electron chi connectivity index (χ2n) is 7.00. The van der Waals surface area contributed by atoms with Gasteiger partial charge in [-0.25, -0.2) is 17.7 Å². The minimum absolute atomic E-state index is 0.175. The van der Waals surface area contributed by atoms with Crippen LogP contribution in [0.25, 0.3) is 10.9 Å². The molecule has 2 aliphatic rings. The van der Waals surface area contributed by atoms with Crippen LogP contribution in [0.3, 0.4) is 0 Å². The van der Waals surface area contributed by atoms with Crippen molar-refractivity contribution in [2.45, 2.75) is 24.7 Å². The van der Waals surface area contributed by atoms with Gasteiger partial charge in [0.25, 0.3) is 0 Å². The van der Waals surface area contributed by atoms with Gasteiger partial charge < -0.3 is 10.6 Å². The predicted molar refractivity (Wildman–Crippen MR) is 104 cm³/mol. The Hall–Kier alpha value is -2.43. The number of nitrogens with zero attached hydrogens (tertiary/aromatic N) is 3. The maximum absolute atomic E-state index is 11.6. The van der Waals surface area contributed by atoms with Crippen molar-refractivity contribution >= 4 is 27.1 Å². The number of benzene rings is 1. The number of hydrogen-bond donors (Lipinski definition) is 4. The van der Waals surface area contributed by atoms with E-state index < -0.39 is 15.8 Å². The van der Waals surface area contributed by atoms with Crippen LogP contribution < -0.4 is 16.4 Å². The molecule has 0 radical (unpaired) electrons. The van der Waals surface area contributed by atoms with E-state index in [4.69, 9.17) is 5.73 Å². The smallest absolute Gasteiger partial charge is 0.211 e. The topological polar surface area (TPSA) is 128 Å². The van der Waals surface area contributed by atoms with Gasteiger partial charge in [-0.3, -0.25) is 10.8 Å². The summed E-state index contributed by atoms with van der Waals surface area (Å²) >= 11 is 0. The molecule has 5 N–H and O–H groups in total. The van der Waals surface area contributed by atoms with E-state index in [2.05, 4.69) is 25.8 Å². The maximum Gasteiger partial charge on any atom is 0.211 e. The summed E-state index contributed by atoms with van der Waals surface area (Å²) in [5.41, 5.74) is 8.27. The van der Waals surface area contributed by atoms with Crippen LogP contribution in [0.1, 0.15) is 18.4 Å². The first-order valence-corrected chi connectivity index (χ1v) is 10.7. The molecule has 0 saturated carbocycles. The largest absolute Gasteiger partial charge is 0.369 e. The lowest BCUT2D eigenvalue weighted by Gasteiger charge is -2.36. The summed E-state index contributed by atoms with van der Waals surface area (Å²) in [6, 6.07) is 5.97. The van der Waals surface area contributed by atoms with Crippen LogP contribution in [0.4, 0.5) is 0 Å². The minimum atomic E-state index is -3.12. The van der Waals surface area contributed by atoms with Crippen LogP contribution in [0, 0.1) is 0 Å². The molecule has 1 aromatic carbocycles. The molecule has 0 bridgehead atoms. The number of rotatable bonds is 4. The molecule has 3 heterocycles. The molecule has 144 valence electrons. The van der Waals surface area contributed by atoms with E-state index in [0.717, 1.165) is 35.1 Å². The Morgan fingerprint density at radius 1 is 1.33 bits per heavy atom. The van der Waals surface area contributed by atoms with Crippen LogP contribution in [0.5, 0.6) is 0 Å². The summed E-state index contributed by atoms with van der Waals surface area (Å²) in [5.74, 6) is -0.298. The standard InChI is InChI=1S/C17H23N7O2S/c1-27(25,26)24-8-5-14(6-9-24)21-16-4-7-19-17(18,22-16)13-2-3-15-12(10-13)11-20-23-15/h2-4,7,10-11,14,21-22H,5-6,8-9,18H2,1H3,(H,20,23). The van der Waals surface area contributed by atoms with Crippen LogP contribution in [-0.4, -0.2) is 54.5 Å². The van der Waals surface area contributed by atoms with E-state index >= 15 is 0 Å². The number of hydrogen-bond acceptors (Lipinski definition) is 7. The van der Waals surface area contributed by atoms with Crippen molar-refractivity contribution in [2.24, 2.45) is 10.7 Å². The molecule has 2 aromatic rings. The SMILES string of the molecule is CS(=O)(=O)N1CCC(NC2=CC=NC(N)(c3ccc4[nH]ncc4c3)N2)CC1. The van der Waals surface area contributed by atoms with Crippen LogP contribution in [0.2, 0.25) is 0 Å². The fourth-order valence-corrected chi connectivity index (χ4v) is 4.35. The lowest BCUT2D eigenvalue weighted by atomic mass is 10.0. The van der Waals surface area contributed by atoms with E-state index in [9.17, 15) is 8.42 Å². The molecule has 1 atom stereocenters. The average molecular weight is 389 g/mol. The molecule has 1 fully saturated rings. The fraction of sp³-hybridized carbons (Fsp3) is 0.412. The van der Waals surface area contributed by atoms with E-state index in [1.54, 1.807) is 12.4 Å². The third kappa shape index (κ3) is 3.68. The van der Waals surface area contributed by atoms with Crippen molar-refractivity contribution in [3.8, 4) is 0 Å². The quantitative estimate of drug-likeness (QED) is 0.590. The Morgan fingerprint density at radius 3 is 2.85 bits per heavy atom. The zero-order chi connectivity index (χ0) is 19.1. The number of aromatic nitrogens is 2. The molecule has 1 unspecified atom stereocenters. The number of fused-ring (bicyclic) bond motifs is 1. The van der Waals surface area contributed by atoms with Crippen molar-refractivity contribution in [1.82, 2.24) is 25.1 Å². The molecular weight excluding hydrogens is 366 g/mol. The Kier molecular flexibility index (Phi) is 4.41. The monoisotopic (exact) mass is 389 g/mol. The second-order valence-corrected chi connectivity index (χ2v) is 8.99. The van der Waals surface area contributed by atoms with Gasteiger partial charge in [-0.2, -0.15) is 5.10 Å². The summed E-state index contributed by atoms with van der Waals surface area (Å²) in [4.78, 5) is 4.42. The maximum atomic E-state index is 11.6. The Balaban J connectivity index is 1.44. The number of aliphatic imine (C=N–C) groups is 1. The third-order valence-electron chi connectivity index (χ3n) is 5.01. The van der Waals surface area contributed by atoms with Gasteiger partial charge >= 0.3 is 0 Å². The van der Waals surface area contributed by atoms with Crippen molar-refractivity contribution in [2.75, 3.05) is 19.3 Å². The molecule has 9 nitrogen and oxygen atoms in total. The molecule has 0 spiro atoms. The van der Waals surface area contributed by atoms with Gasteiger partial charge in [0.2, 0.25) is 15.8 Å². The number of H-pyrrole nitrogens is 1. The first-order chi connectivity index (χ1) is 12.8. The zero-order valence-electron chi connectivity index (χ0n) is 15.0. The fourth-order valence-electron chi connectivity index (χ4n) is 3.47. The number of aromatic amines is 1. The lowest BCUT2D eigenvalue weighted by molar-refractivity contribution is 0.288. The highest BCUT2D eigenvalue weighted by Crippen LogP contribution is 2.24. The highest BCUT2D eigenvalue weighted by molar-refractivity contribution is 7.88. The number of nitrogens with two attached hydrogens (primary N) is 1. The summed E-state index contributed by atoms with van der Waals surface area (Å²) < 4.78 is 24.8. The van der Waals surface area contributed by atoms with Gasteiger partial charge in [0, 0.05) is 36.3 Å². The van der Waals surface area contributed by atoms with Crippen LogP contribution >= 0.6 is 0 Å². The highest BCUT2D eigenvalue weighted by Gasteiger charge is 2.31. The first-order valence-electron chi connectivity index (χ1n) is 8.81. The Labute approximate surface area is 157 Å². The molecule has 0 aliphatic carbocycles. The van der Waals surface area contributed by atoms with Gasteiger partial charge in [0.15, 0.2) is 0 Å². The molecule has 0 amide bonds. The highest BCUT2D eigenvalue weighted by atomic mass is 32.2. The van der Waals surface area contributed by atoms with Gasteiger partial charge in [0.1, 0.15) is 5.82 Å². The van der Waals surface area contributed by atoms with Gasteiger partial charge in [-0.15, -0.1) is 0 Å². The summed E-state index contributed by atoms with van der Waals surface area (Å²) in [7, 11) is -3.12. The Bertz CT molecular complexity index is 1010. The first kappa shape index (κ1) is 18.0. The molecule has 4 rings (SSSR count). The van der Waals surface area contributed by atoms with Crippen molar-refractivity contribution in [3.05, 3.63) is 41.9 Å². The van der Waals surface area contributed by atoms with E-state index in [0.29, 0.717) is 13.1 Å². The molecule has 1 aromatic heterocycles. The van der Waals surface area contributed by atoms with Gasteiger partial charge in [-0.1, -0.05) is 6.07 Å². The Morgan fingerprint density at radius 2 is 2.11 bits per heavy atom. The molecular formula is C17H23N7O2S. The summed E-state index contributed by atoms with van der Waals surface area (Å²) in [6.07, 6.45) is 8.00. The number of sulfonamides is 1. The summed E-state index contributed by atoms with van der Waals surface area (Å²) in [5, 5.41) is 14.6. The average Bonchev–Trinajstić information content (AvgIpc) is 3.09. The van der Waals surface area contributed by atoms with Crippen molar-refractivity contribution < 1.29 is 8.42 Å². The van der Waals surface area contributed by atoms with E-state index in [1.807, 2.05) is 24.3 Å². The number of allylic oxidation sites excluding steroid dienone is 1. The number of nitrogens with one attached hydrogen (secondary N) is 3. The molecule has 27 heavy (non-hydrogen) atoms. The van der Waals surface area contributed by atoms with Gasteiger partial charge in [0.05, 0.1) is 18.0 Å². The van der Waals surface area contributed by atoms with Crippen LogP contribution in [-0.2, 0) is 15.8 Å². The predicted octanol–water partition coefficient (Wildman–Crippen LogP) is 0.161. The van der Waals surface area contributed by atoms with Gasteiger partial charge in [-0.05, 0) is 31.1 Å².